The third-order valence-electron chi connectivity index (χ3n) is 7.70. The largest absolute Gasteiger partial charge is 0.395 e. The number of para-hydroxylation sites is 1. The molecule has 3 amide bonds. The van der Waals surface area contributed by atoms with Crippen LogP contribution in [0.4, 0.5) is 5.69 Å². The third-order valence-corrected chi connectivity index (χ3v) is 7.70. The predicted molar refractivity (Wildman–Crippen MR) is 123 cm³/mol. The number of likely N-dealkylation sites (tertiary alicyclic amines) is 1. The van der Waals surface area contributed by atoms with Crippen LogP contribution in [0.15, 0.2) is 30.3 Å². The van der Waals surface area contributed by atoms with Gasteiger partial charge in [0.2, 0.25) is 17.7 Å². The van der Waals surface area contributed by atoms with Crippen LogP contribution in [0.25, 0.3) is 0 Å². The van der Waals surface area contributed by atoms with E-state index in [1.165, 1.54) is 4.90 Å². The molecule has 3 aliphatic rings. The summed E-state index contributed by atoms with van der Waals surface area (Å²) in [5.41, 5.74) is -1.18. The Kier molecular flexibility index (Phi) is 6.51. The average Bonchev–Trinajstić information content (AvgIpc) is 3.39. The number of ether oxygens (including phenoxy) is 1. The topological polar surface area (TPSA) is 108 Å². The van der Waals surface area contributed by atoms with Gasteiger partial charge in [-0.15, -0.1) is 0 Å². The van der Waals surface area contributed by atoms with Crippen LogP contribution in [0.1, 0.15) is 52.9 Å². The highest BCUT2D eigenvalue weighted by Crippen LogP contribution is 2.64. The molecule has 8 heteroatoms. The summed E-state index contributed by atoms with van der Waals surface area (Å²) in [5, 5.41) is 15.7. The fourth-order valence-corrected chi connectivity index (χ4v) is 6.33. The number of aliphatic hydroxyl groups excluding tert-OH is 1. The normalized spacial score (nSPS) is 33.2. The summed E-state index contributed by atoms with van der Waals surface area (Å²) in [7, 11) is 0. The molecule has 4 rings (SSSR count). The summed E-state index contributed by atoms with van der Waals surface area (Å²) in [6.45, 7) is 5.74. The number of aliphatic hydroxyl groups is 1. The molecule has 0 aliphatic carbocycles. The molecule has 3 unspecified atom stereocenters. The van der Waals surface area contributed by atoms with Crippen molar-refractivity contribution in [2.45, 2.75) is 76.2 Å². The van der Waals surface area contributed by atoms with Gasteiger partial charge < -0.3 is 25.4 Å². The van der Waals surface area contributed by atoms with Crippen molar-refractivity contribution in [3.05, 3.63) is 30.3 Å². The van der Waals surface area contributed by atoms with E-state index in [1.54, 1.807) is 12.1 Å². The number of β-amino-alcohol motifs (C(OH)–C–C–N with tert-alkyl or cyclic N) is 1. The summed E-state index contributed by atoms with van der Waals surface area (Å²) in [6.07, 6.45) is 3.48. The number of hydrogen-bond acceptors (Lipinski definition) is 5. The highest BCUT2D eigenvalue weighted by molar-refractivity contribution is 6.02. The first-order valence-corrected chi connectivity index (χ1v) is 12.1. The number of anilines is 1. The van der Waals surface area contributed by atoms with E-state index in [-0.39, 0.29) is 36.9 Å². The van der Waals surface area contributed by atoms with Gasteiger partial charge in [0.05, 0.1) is 24.0 Å². The van der Waals surface area contributed by atoms with Crippen molar-refractivity contribution < 1.29 is 24.2 Å². The Morgan fingerprint density at radius 2 is 1.94 bits per heavy atom. The molecular formula is C25H35N3O5. The summed E-state index contributed by atoms with van der Waals surface area (Å²) in [4.78, 5) is 42.2. The van der Waals surface area contributed by atoms with Gasteiger partial charge in [0.25, 0.3) is 0 Å². The molecule has 1 aromatic carbocycles. The number of rotatable bonds is 9. The quantitative estimate of drug-likeness (QED) is 0.526. The maximum Gasteiger partial charge on any atom is 0.246 e. The zero-order valence-corrected chi connectivity index (χ0v) is 19.7. The van der Waals surface area contributed by atoms with Gasteiger partial charge in [-0.2, -0.15) is 0 Å². The Balaban J connectivity index is 1.70. The molecule has 3 aliphatic heterocycles. The number of fused-ring (bicyclic) bond motifs is 1. The molecular weight excluding hydrogens is 422 g/mol. The zero-order chi connectivity index (χ0) is 23.8. The van der Waals surface area contributed by atoms with E-state index < -0.39 is 29.1 Å². The van der Waals surface area contributed by atoms with E-state index in [0.717, 1.165) is 12.8 Å². The first kappa shape index (κ1) is 23.7. The van der Waals surface area contributed by atoms with Crippen molar-refractivity contribution in [3.63, 3.8) is 0 Å². The third kappa shape index (κ3) is 3.73. The predicted octanol–water partition coefficient (Wildman–Crippen LogP) is 2.08. The molecule has 33 heavy (non-hydrogen) atoms. The molecule has 3 fully saturated rings. The Labute approximate surface area is 195 Å². The van der Waals surface area contributed by atoms with E-state index >= 15 is 0 Å². The number of hydrogen-bond donors (Lipinski definition) is 3. The van der Waals surface area contributed by atoms with E-state index in [9.17, 15) is 19.5 Å². The molecule has 3 heterocycles. The minimum atomic E-state index is -1.06. The van der Waals surface area contributed by atoms with Crippen molar-refractivity contribution in [2.75, 3.05) is 18.5 Å². The Morgan fingerprint density at radius 3 is 2.58 bits per heavy atom. The molecule has 3 N–H and O–H groups in total. The number of carbonyl (C=O) groups is 3. The lowest BCUT2D eigenvalue weighted by molar-refractivity contribution is -0.147. The second-order valence-electron chi connectivity index (χ2n) is 9.64. The Hall–Kier alpha value is -2.45. The van der Waals surface area contributed by atoms with Gasteiger partial charge in [0, 0.05) is 18.3 Å². The monoisotopic (exact) mass is 457 g/mol. The summed E-state index contributed by atoms with van der Waals surface area (Å²) in [5.74, 6) is -2.26. The number of carbonyl (C=O) groups excluding carboxylic acids is 3. The first-order valence-electron chi connectivity index (χ1n) is 12.1. The van der Waals surface area contributed by atoms with Crippen LogP contribution in [0, 0.1) is 11.8 Å². The Morgan fingerprint density at radius 1 is 1.21 bits per heavy atom. The highest BCUT2D eigenvalue weighted by Gasteiger charge is 2.78. The van der Waals surface area contributed by atoms with Crippen LogP contribution in [0.3, 0.4) is 0 Å². The molecule has 180 valence electrons. The lowest BCUT2D eigenvalue weighted by Crippen LogP contribution is -2.56. The smallest absolute Gasteiger partial charge is 0.246 e. The maximum absolute atomic E-state index is 13.7. The van der Waals surface area contributed by atoms with Gasteiger partial charge in [0.1, 0.15) is 11.6 Å². The molecule has 6 atom stereocenters. The molecule has 2 bridgehead atoms. The summed E-state index contributed by atoms with van der Waals surface area (Å²) in [6, 6.07) is 8.26. The molecule has 0 aromatic heterocycles. The van der Waals surface area contributed by atoms with E-state index in [4.69, 9.17) is 4.74 Å². The van der Waals surface area contributed by atoms with Crippen molar-refractivity contribution >= 4 is 23.4 Å². The second-order valence-corrected chi connectivity index (χ2v) is 9.64. The van der Waals surface area contributed by atoms with Crippen LogP contribution in [-0.2, 0) is 19.1 Å². The summed E-state index contributed by atoms with van der Waals surface area (Å²) >= 11 is 0. The SMILES string of the molecule is CCCC(C)NC(=O)C1N(CCO)C(=O)[C@@H]2[C@H](C(=O)Nc3ccccc3)[C@]3(CC)CCC12O3. The van der Waals surface area contributed by atoms with Crippen molar-refractivity contribution in [1.29, 1.82) is 0 Å². The Bertz CT molecular complexity index is 909. The standard InChI is InChI=1S/C25H35N3O5/c1-4-9-16(3)26-22(31)20-25-13-12-24(5-2,33-25)18(19(25)23(32)28(20)14-15-29)21(30)27-17-10-7-6-8-11-17/h6-8,10-11,16,18-20,29H,4-5,9,12-15H2,1-3H3,(H,26,31)(H,27,30)/t16?,18-,19+,20?,24+,25?/m1/s1. The van der Waals surface area contributed by atoms with Crippen molar-refractivity contribution in [2.24, 2.45) is 11.8 Å². The van der Waals surface area contributed by atoms with Crippen LogP contribution in [0.2, 0.25) is 0 Å². The fraction of sp³-hybridized carbons (Fsp3) is 0.640. The molecule has 0 saturated carbocycles. The lowest BCUT2D eigenvalue weighted by atomic mass is 9.65. The molecule has 1 aromatic rings. The summed E-state index contributed by atoms with van der Waals surface area (Å²) < 4.78 is 6.65. The maximum atomic E-state index is 13.7. The van der Waals surface area contributed by atoms with Crippen LogP contribution >= 0.6 is 0 Å². The minimum Gasteiger partial charge on any atom is -0.395 e. The lowest BCUT2D eigenvalue weighted by Gasteiger charge is -2.34. The van der Waals surface area contributed by atoms with Crippen LogP contribution in [-0.4, -0.2) is 64.2 Å². The minimum absolute atomic E-state index is 0.0346. The van der Waals surface area contributed by atoms with Gasteiger partial charge in [-0.1, -0.05) is 38.5 Å². The van der Waals surface area contributed by atoms with E-state index in [0.29, 0.717) is 24.9 Å². The number of nitrogens with one attached hydrogen (secondary N) is 2. The molecule has 0 radical (unpaired) electrons. The van der Waals surface area contributed by atoms with Crippen LogP contribution < -0.4 is 10.6 Å². The van der Waals surface area contributed by atoms with Crippen molar-refractivity contribution in [1.82, 2.24) is 10.2 Å². The molecule has 8 nitrogen and oxygen atoms in total. The average molecular weight is 458 g/mol. The first-order chi connectivity index (χ1) is 15.8. The van der Waals surface area contributed by atoms with Gasteiger partial charge in [-0.05, 0) is 44.7 Å². The number of nitrogens with zero attached hydrogens (tertiary/aromatic N) is 1. The van der Waals surface area contributed by atoms with Crippen LogP contribution in [0.5, 0.6) is 0 Å². The van der Waals surface area contributed by atoms with Gasteiger partial charge in [0.15, 0.2) is 0 Å². The number of benzene rings is 1. The molecule has 3 saturated heterocycles. The fourth-order valence-electron chi connectivity index (χ4n) is 6.33. The van der Waals surface area contributed by atoms with Gasteiger partial charge >= 0.3 is 0 Å². The van der Waals surface area contributed by atoms with Crippen molar-refractivity contribution in [3.8, 4) is 0 Å². The van der Waals surface area contributed by atoms with Gasteiger partial charge in [-0.3, -0.25) is 14.4 Å². The zero-order valence-electron chi connectivity index (χ0n) is 19.7. The number of amides is 3. The van der Waals surface area contributed by atoms with Gasteiger partial charge in [-0.25, -0.2) is 0 Å². The second kappa shape index (κ2) is 9.06. The van der Waals surface area contributed by atoms with E-state index in [1.807, 2.05) is 32.0 Å². The van der Waals surface area contributed by atoms with E-state index in [2.05, 4.69) is 17.6 Å². The highest BCUT2D eigenvalue weighted by atomic mass is 16.5. The molecule has 1 spiro atoms.